The van der Waals surface area contributed by atoms with Gasteiger partial charge in [-0.15, -0.1) is 0 Å². The van der Waals surface area contributed by atoms with Gasteiger partial charge in [-0.1, -0.05) is 39.2 Å². The summed E-state index contributed by atoms with van der Waals surface area (Å²) in [5, 5.41) is 0. The summed E-state index contributed by atoms with van der Waals surface area (Å²) in [5.74, 6) is 0.995. The Kier molecular flexibility index (Phi) is 7.01. The molecule has 0 radical (unpaired) electrons. The van der Waals surface area contributed by atoms with Crippen LogP contribution < -0.4 is 0 Å². The predicted octanol–water partition coefficient (Wildman–Crippen LogP) is 3.68. The van der Waals surface area contributed by atoms with Crippen LogP contribution in [0.4, 0.5) is 0 Å². The van der Waals surface area contributed by atoms with Gasteiger partial charge >= 0.3 is 0 Å². The van der Waals surface area contributed by atoms with Crippen LogP contribution in [0, 0.1) is 0 Å². The number of allylic oxidation sites excluding steroid dienone is 2. The van der Waals surface area contributed by atoms with E-state index in [4.69, 9.17) is 0 Å². The van der Waals surface area contributed by atoms with Crippen molar-refractivity contribution in [3.8, 4) is 0 Å². The minimum Gasteiger partial charge on any atom is -0.295 e. The average molecular weight is 260 g/mol. The summed E-state index contributed by atoms with van der Waals surface area (Å²) in [6, 6.07) is 0. The first kappa shape index (κ1) is 15.5. The van der Waals surface area contributed by atoms with Gasteiger partial charge in [-0.05, 0) is 24.5 Å². The van der Waals surface area contributed by atoms with Crippen molar-refractivity contribution in [2.45, 2.75) is 59.3 Å². The van der Waals surface area contributed by atoms with E-state index in [9.17, 15) is 4.79 Å². The highest BCUT2D eigenvalue weighted by atomic mass is 16.1. The minimum atomic E-state index is 0.186. The monoisotopic (exact) mass is 260 g/mol. The molecule has 1 aromatic rings. The second-order valence-corrected chi connectivity index (χ2v) is 4.81. The Bertz CT molecular complexity index is 421. The molecule has 0 aliphatic carbocycles. The SMILES string of the molecule is CCC/C(=C\C(=O)CC)Cc1ncc(CCC)cn1. The second-order valence-electron chi connectivity index (χ2n) is 4.81. The largest absolute Gasteiger partial charge is 0.295 e. The number of carbonyl (C=O) groups excluding carboxylic acids is 1. The maximum atomic E-state index is 11.5. The Morgan fingerprint density at radius 1 is 1.16 bits per heavy atom. The molecule has 0 fully saturated rings. The molecule has 0 aliphatic rings. The van der Waals surface area contributed by atoms with Crippen molar-refractivity contribution in [2.24, 2.45) is 0 Å². The summed E-state index contributed by atoms with van der Waals surface area (Å²) < 4.78 is 0. The number of hydrogen-bond acceptors (Lipinski definition) is 3. The molecule has 0 aliphatic heterocycles. The van der Waals surface area contributed by atoms with Crippen LogP contribution in [0.25, 0.3) is 0 Å². The molecular formula is C16H24N2O. The lowest BCUT2D eigenvalue weighted by Gasteiger charge is -2.06. The van der Waals surface area contributed by atoms with Crippen molar-refractivity contribution >= 4 is 5.78 Å². The first-order valence-corrected chi connectivity index (χ1v) is 7.21. The Hall–Kier alpha value is -1.51. The number of ketones is 1. The van der Waals surface area contributed by atoms with Crippen LogP contribution in [-0.4, -0.2) is 15.8 Å². The molecule has 0 N–H and O–H groups in total. The van der Waals surface area contributed by atoms with E-state index >= 15 is 0 Å². The van der Waals surface area contributed by atoms with Crippen LogP contribution in [0.1, 0.15) is 57.8 Å². The third kappa shape index (κ3) is 5.77. The zero-order valence-electron chi connectivity index (χ0n) is 12.3. The number of aryl methyl sites for hydroxylation is 1. The second kappa shape index (κ2) is 8.57. The molecule has 0 amide bonds. The quantitative estimate of drug-likeness (QED) is 0.670. The zero-order chi connectivity index (χ0) is 14.1. The average Bonchev–Trinajstić information content (AvgIpc) is 2.41. The fourth-order valence-corrected chi connectivity index (χ4v) is 1.96. The molecule has 3 nitrogen and oxygen atoms in total. The van der Waals surface area contributed by atoms with Gasteiger partial charge in [0.1, 0.15) is 5.82 Å². The topological polar surface area (TPSA) is 42.9 Å². The first-order valence-electron chi connectivity index (χ1n) is 7.21. The molecule has 0 aromatic carbocycles. The van der Waals surface area contributed by atoms with E-state index in [0.29, 0.717) is 12.8 Å². The van der Waals surface area contributed by atoms with Crippen molar-refractivity contribution in [2.75, 3.05) is 0 Å². The molecule has 0 saturated heterocycles. The van der Waals surface area contributed by atoms with Gasteiger partial charge in [0.25, 0.3) is 0 Å². The summed E-state index contributed by atoms with van der Waals surface area (Å²) >= 11 is 0. The fourth-order valence-electron chi connectivity index (χ4n) is 1.96. The van der Waals surface area contributed by atoms with Crippen molar-refractivity contribution in [3.05, 3.63) is 35.4 Å². The Morgan fingerprint density at radius 3 is 2.37 bits per heavy atom. The molecule has 0 saturated carbocycles. The molecule has 1 aromatic heterocycles. The van der Waals surface area contributed by atoms with Crippen molar-refractivity contribution < 1.29 is 4.79 Å². The van der Waals surface area contributed by atoms with Crippen LogP contribution in [0.3, 0.4) is 0 Å². The van der Waals surface area contributed by atoms with Crippen LogP contribution in [0.5, 0.6) is 0 Å². The highest BCUT2D eigenvalue weighted by Crippen LogP contribution is 2.11. The number of rotatable bonds is 8. The minimum absolute atomic E-state index is 0.186. The molecule has 0 bridgehead atoms. The number of hydrogen-bond donors (Lipinski definition) is 0. The molecule has 0 atom stereocenters. The van der Waals surface area contributed by atoms with Gasteiger partial charge in [-0.2, -0.15) is 0 Å². The van der Waals surface area contributed by atoms with Crippen LogP contribution in [-0.2, 0) is 17.6 Å². The van der Waals surface area contributed by atoms with Gasteiger partial charge in [-0.3, -0.25) is 4.79 Å². The normalized spacial score (nSPS) is 11.6. The highest BCUT2D eigenvalue weighted by Gasteiger charge is 2.04. The van der Waals surface area contributed by atoms with E-state index in [1.54, 1.807) is 6.08 Å². The lowest BCUT2D eigenvalue weighted by Crippen LogP contribution is -2.01. The fraction of sp³-hybridized carbons (Fsp3) is 0.562. The van der Waals surface area contributed by atoms with E-state index in [1.807, 2.05) is 19.3 Å². The van der Waals surface area contributed by atoms with Crippen molar-refractivity contribution in [3.63, 3.8) is 0 Å². The van der Waals surface area contributed by atoms with Crippen LogP contribution in [0.2, 0.25) is 0 Å². The van der Waals surface area contributed by atoms with E-state index in [1.165, 1.54) is 5.56 Å². The molecule has 104 valence electrons. The highest BCUT2D eigenvalue weighted by molar-refractivity contribution is 5.90. The Labute approximate surface area is 116 Å². The third-order valence-electron chi connectivity index (χ3n) is 2.97. The summed E-state index contributed by atoms with van der Waals surface area (Å²) in [6.07, 6.45) is 10.9. The standard InChI is InChI=1S/C16H24N2O/c1-4-7-13(9-15(19)6-3)10-16-17-11-14(8-5-2)12-18-16/h9,11-12H,4-8,10H2,1-3H3/b13-9+. The molecule has 0 unspecified atom stereocenters. The zero-order valence-corrected chi connectivity index (χ0v) is 12.3. The van der Waals surface area contributed by atoms with Crippen LogP contribution >= 0.6 is 0 Å². The maximum Gasteiger partial charge on any atom is 0.155 e. The number of carbonyl (C=O) groups is 1. The van der Waals surface area contributed by atoms with Gasteiger partial charge in [0, 0.05) is 25.2 Å². The van der Waals surface area contributed by atoms with Crippen LogP contribution in [0.15, 0.2) is 24.0 Å². The number of aromatic nitrogens is 2. The van der Waals surface area contributed by atoms with Gasteiger partial charge < -0.3 is 0 Å². The van der Waals surface area contributed by atoms with E-state index in [-0.39, 0.29) is 5.78 Å². The Balaban J connectivity index is 2.73. The molecule has 1 rings (SSSR count). The first-order chi connectivity index (χ1) is 9.19. The maximum absolute atomic E-state index is 11.5. The predicted molar refractivity (Wildman–Crippen MR) is 78.0 cm³/mol. The Morgan fingerprint density at radius 2 is 1.84 bits per heavy atom. The summed E-state index contributed by atoms with van der Waals surface area (Å²) in [5.41, 5.74) is 2.31. The summed E-state index contributed by atoms with van der Waals surface area (Å²) in [6.45, 7) is 6.15. The molecule has 19 heavy (non-hydrogen) atoms. The van der Waals surface area contributed by atoms with Crippen molar-refractivity contribution in [1.82, 2.24) is 9.97 Å². The number of nitrogens with zero attached hydrogens (tertiary/aromatic N) is 2. The summed E-state index contributed by atoms with van der Waals surface area (Å²) in [7, 11) is 0. The van der Waals surface area contributed by atoms with Gasteiger partial charge in [-0.25, -0.2) is 9.97 Å². The van der Waals surface area contributed by atoms with Crippen molar-refractivity contribution in [1.29, 1.82) is 0 Å². The van der Waals surface area contributed by atoms with Gasteiger partial charge in [0.05, 0.1) is 0 Å². The lowest BCUT2D eigenvalue weighted by atomic mass is 10.0. The van der Waals surface area contributed by atoms with E-state index in [2.05, 4.69) is 23.8 Å². The smallest absolute Gasteiger partial charge is 0.155 e. The molecule has 1 heterocycles. The van der Waals surface area contributed by atoms with E-state index in [0.717, 1.165) is 37.1 Å². The molecule has 3 heteroatoms. The van der Waals surface area contributed by atoms with Gasteiger partial charge in [0.2, 0.25) is 0 Å². The summed E-state index contributed by atoms with van der Waals surface area (Å²) in [4.78, 5) is 20.3. The van der Waals surface area contributed by atoms with E-state index < -0.39 is 0 Å². The molecule has 0 spiro atoms. The third-order valence-corrected chi connectivity index (χ3v) is 2.97. The van der Waals surface area contributed by atoms with Gasteiger partial charge in [0.15, 0.2) is 5.78 Å². The molecular weight excluding hydrogens is 236 g/mol. The lowest BCUT2D eigenvalue weighted by molar-refractivity contribution is -0.114.